The number of aromatic nitrogens is 2. The predicted octanol–water partition coefficient (Wildman–Crippen LogP) is 0.480. The molecule has 0 radical (unpaired) electrons. The second kappa shape index (κ2) is 7.86. The third kappa shape index (κ3) is 4.21. The van der Waals surface area contributed by atoms with E-state index in [2.05, 4.69) is 15.7 Å². The Balaban J connectivity index is 2.71. The van der Waals surface area contributed by atoms with Crippen molar-refractivity contribution in [1.82, 2.24) is 15.1 Å². The number of nitrogens with zero attached hydrogens (tertiary/aromatic N) is 2. The molecule has 1 amide bonds. The fraction of sp³-hybridized carbons (Fsp3) is 0.583. The molecule has 20 heavy (non-hydrogen) atoms. The lowest BCUT2D eigenvalue weighted by molar-refractivity contribution is -0.121. The Morgan fingerprint density at radius 2 is 2.30 bits per heavy atom. The van der Waals surface area contributed by atoms with Crippen LogP contribution >= 0.6 is 11.6 Å². The Hall–Kier alpha value is -1.60. The number of nitrogens with one attached hydrogen (secondary N) is 2. The first-order valence-electron chi connectivity index (χ1n) is 6.30. The molecule has 0 aliphatic carbocycles. The summed E-state index contributed by atoms with van der Waals surface area (Å²) in [6.07, 6.45) is 1.44. The van der Waals surface area contributed by atoms with Gasteiger partial charge in [-0.25, -0.2) is 4.68 Å². The van der Waals surface area contributed by atoms with Gasteiger partial charge in [-0.05, 0) is 13.8 Å². The van der Waals surface area contributed by atoms with Crippen molar-refractivity contribution in [1.29, 1.82) is 0 Å². The van der Waals surface area contributed by atoms with Crippen LogP contribution in [-0.2, 0) is 16.1 Å². The highest BCUT2D eigenvalue weighted by Crippen LogP contribution is 2.16. The highest BCUT2D eigenvalue weighted by atomic mass is 35.5. The standard InChI is InChI=1S/C12H19ClN4O3/c1-4-17-12(19)10(13)9(7-15-17)16-8(2)11(18)14-5-6-20-3/h7-8,16H,4-6H2,1-3H3,(H,14,18). The van der Waals surface area contributed by atoms with Gasteiger partial charge in [0.15, 0.2) is 0 Å². The van der Waals surface area contributed by atoms with Gasteiger partial charge in [-0.2, -0.15) is 5.10 Å². The van der Waals surface area contributed by atoms with E-state index in [1.165, 1.54) is 10.9 Å². The first-order valence-corrected chi connectivity index (χ1v) is 6.67. The van der Waals surface area contributed by atoms with Crippen molar-refractivity contribution >= 4 is 23.2 Å². The van der Waals surface area contributed by atoms with Crippen LogP contribution in [0.1, 0.15) is 13.8 Å². The third-order valence-corrected chi connectivity index (χ3v) is 3.02. The van der Waals surface area contributed by atoms with E-state index >= 15 is 0 Å². The molecule has 0 aliphatic rings. The number of aryl methyl sites for hydroxylation is 1. The molecular weight excluding hydrogens is 284 g/mol. The number of hydrogen-bond acceptors (Lipinski definition) is 5. The predicted molar refractivity (Wildman–Crippen MR) is 77.2 cm³/mol. The smallest absolute Gasteiger partial charge is 0.287 e. The molecule has 7 nitrogen and oxygen atoms in total. The maximum absolute atomic E-state index is 11.8. The molecule has 0 fully saturated rings. The maximum Gasteiger partial charge on any atom is 0.287 e. The SMILES string of the molecule is CCn1ncc(NC(C)C(=O)NCCOC)c(Cl)c1=O. The van der Waals surface area contributed by atoms with Crippen LogP contribution in [0.15, 0.2) is 11.0 Å². The van der Waals surface area contributed by atoms with Gasteiger partial charge in [-0.1, -0.05) is 11.6 Å². The number of halogens is 1. The summed E-state index contributed by atoms with van der Waals surface area (Å²) in [4.78, 5) is 23.6. The highest BCUT2D eigenvalue weighted by Gasteiger charge is 2.15. The molecule has 1 aromatic heterocycles. The summed E-state index contributed by atoms with van der Waals surface area (Å²) in [7, 11) is 1.56. The summed E-state index contributed by atoms with van der Waals surface area (Å²) in [5, 5.41) is 9.53. The molecule has 0 spiro atoms. The van der Waals surface area contributed by atoms with E-state index in [1.807, 2.05) is 0 Å². The van der Waals surface area contributed by atoms with Gasteiger partial charge in [0.25, 0.3) is 5.56 Å². The first-order chi connectivity index (χ1) is 9.51. The molecule has 1 aromatic rings. The van der Waals surface area contributed by atoms with Crippen molar-refractivity contribution in [2.75, 3.05) is 25.6 Å². The number of rotatable bonds is 7. The molecule has 0 aromatic carbocycles. The van der Waals surface area contributed by atoms with Crippen LogP contribution in [0.4, 0.5) is 5.69 Å². The molecule has 1 rings (SSSR count). The van der Waals surface area contributed by atoms with Gasteiger partial charge in [-0.3, -0.25) is 9.59 Å². The number of methoxy groups -OCH3 is 1. The summed E-state index contributed by atoms with van der Waals surface area (Å²) in [5.41, 5.74) is -0.0399. The van der Waals surface area contributed by atoms with Crippen molar-refractivity contribution in [2.45, 2.75) is 26.4 Å². The zero-order chi connectivity index (χ0) is 15.1. The molecule has 112 valence electrons. The second-order valence-electron chi connectivity index (χ2n) is 4.14. The molecule has 1 atom stereocenters. The fourth-order valence-corrected chi connectivity index (χ4v) is 1.72. The minimum absolute atomic E-state index is 0.0263. The normalized spacial score (nSPS) is 12.0. The fourth-order valence-electron chi connectivity index (χ4n) is 1.52. The van der Waals surface area contributed by atoms with Crippen LogP contribution in [0.2, 0.25) is 5.02 Å². The lowest BCUT2D eigenvalue weighted by Crippen LogP contribution is -2.39. The monoisotopic (exact) mass is 302 g/mol. The third-order valence-electron chi connectivity index (χ3n) is 2.66. The molecule has 2 N–H and O–H groups in total. The van der Waals surface area contributed by atoms with Crippen molar-refractivity contribution in [3.63, 3.8) is 0 Å². The molecular formula is C12H19ClN4O3. The van der Waals surface area contributed by atoms with Gasteiger partial charge in [-0.15, -0.1) is 0 Å². The van der Waals surface area contributed by atoms with E-state index in [4.69, 9.17) is 16.3 Å². The van der Waals surface area contributed by atoms with Crippen molar-refractivity contribution in [3.05, 3.63) is 21.6 Å². The largest absolute Gasteiger partial charge is 0.383 e. The summed E-state index contributed by atoms with van der Waals surface area (Å²) < 4.78 is 6.09. The van der Waals surface area contributed by atoms with Gasteiger partial charge in [0.1, 0.15) is 11.1 Å². The molecule has 0 saturated carbocycles. The molecule has 1 heterocycles. The molecule has 0 saturated heterocycles. The van der Waals surface area contributed by atoms with Crippen LogP contribution in [-0.4, -0.2) is 42.0 Å². The minimum Gasteiger partial charge on any atom is -0.383 e. The zero-order valence-corrected chi connectivity index (χ0v) is 12.5. The van der Waals surface area contributed by atoms with E-state index in [1.54, 1.807) is 21.0 Å². The summed E-state index contributed by atoms with van der Waals surface area (Å²) in [5.74, 6) is -0.210. The van der Waals surface area contributed by atoms with Crippen LogP contribution in [0.3, 0.4) is 0 Å². The minimum atomic E-state index is -0.539. The van der Waals surface area contributed by atoms with Gasteiger partial charge < -0.3 is 15.4 Å². The number of carbonyl (C=O) groups is 1. The lowest BCUT2D eigenvalue weighted by atomic mass is 10.3. The Labute approximate surface area is 122 Å². The molecule has 1 unspecified atom stereocenters. The van der Waals surface area contributed by atoms with Gasteiger partial charge in [0.05, 0.1) is 18.5 Å². The van der Waals surface area contributed by atoms with E-state index in [0.29, 0.717) is 25.4 Å². The van der Waals surface area contributed by atoms with E-state index in [-0.39, 0.29) is 16.5 Å². The van der Waals surface area contributed by atoms with E-state index < -0.39 is 6.04 Å². The van der Waals surface area contributed by atoms with E-state index in [0.717, 1.165) is 0 Å². The van der Waals surface area contributed by atoms with Gasteiger partial charge in [0.2, 0.25) is 5.91 Å². The van der Waals surface area contributed by atoms with Crippen LogP contribution in [0.5, 0.6) is 0 Å². The number of hydrogen-bond donors (Lipinski definition) is 2. The Bertz CT molecular complexity index is 518. The molecule has 0 bridgehead atoms. The average molecular weight is 303 g/mol. The second-order valence-corrected chi connectivity index (χ2v) is 4.52. The summed E-state index contributed by atoms with van der Waals surface area (Å²) in [6.45, 7) is 4.76. The lowest BCUT2D eigenvalue weighted by Gasteiger charge is -2.16. The Morgan fingerprint density at radius 3 is 2.90 bits per heavy atom. The Kier molecular flexibility index (Phi) is 6.47. The summed E-state index contributed by atoms with van der Waals surface area (Å²) >= 11 is 5.97. The van der Waals surface area contributed by atoms with Crippen molar-refractivity contribution in [3.8, 4) is 0 Å². The van der Waals surface area contributed by atoms with Gasteiger partial charge >= 0.3 is 0 Å². The number of anilines is 1. The Morgan fingerprint density at radius 1 is 1.60 bits per heavy atom. The number of ether oxygens (including phenoxy) is 1. The molecule has 0 aliphatic heterocycles. The highest BCUT2D eigenvalue weighted by molar-refractivity contribution is 6.33. The first kappa shape index (κ1) is 16.5. The van der Waals surface area contributed by atoms with Crippen molar-refractivity contribution < 1.29 is 9.53 Å². The van der Waals surface area contributed by atoms with Crippen LogP contribution in [0, 0.1) is 0 Å². The van der Waals surface area contributed by atoms with E-state index in [9.17, 15) is 9.59 Å². The zero-order valence-electron chi connectivity index (χ0n) is 11.8. The topological polar surface area (TPSA) is 85.2 Å². The number of amides is 1. The number of carbonyl (C=O) groups excluding carboxylic acids is 1. The van der Waals surface area contributed by atoms with Crippen LogP contribution < -0.4 is 16.2 Å². The maximum atomic E-state index is 11.8. The van der Waals surface area contributed by atoms with Crippen LogP contribution in [0.25, 0.3) is 0 Å². The molecule has 8 heteroatoms. The van der Waals surface area contributed by atoms with Crippen molar-refractivity contribution in [2.24, 2.45) is 0 Å². The summed E-state index contributed by atoms with van der Waals surface area (Å²) in [6, 6.07) is -0.539. The van der Waals surface area contributed by atoms with Gasteiger partial charge in [0, 0.05) is 20.2 Å². The average Bonchev–Trinajstić information content (AvgIpc) is 2.44. The quantitative estimate of drug-likeness (QED) is 0.716.